The second kappa shape index (κ2) is 4.67. The maximum Gasteiger partial charge on any atom is 0.216 e. The minimum absolute atomic E-state index is 0.679. The SMILES string of the molecule is ClC(Cl)(Cl)c1cccc(-c2ccccc2)c1. The monoisotopic (exact) mass is 270 g/mol. The van der Waals surface area contributed by atoms with Gasteiger partial charge in [-0.25, -0.2) is 0 Å². The fourth-order valence-electron chi connectivity index (χ4n) is 1.51. The van der Waals surface area contributed by atoms with Crippen LogP contribution in [-0.2, 0) is 3.79 Å². The molecule has 0 heterocycles. The third-order valence-electron chi connectivity index (χ3n) is 2.30. The van der Waals surface area contributed by atoms with E-state index in [1.54, 1.807) is 6.07 Å². The number of hydrogen-bond donors (Lipinski definition) is 0. The summed E-state index contributed by atoms with van der Waals surface area (Å²) in [6.07, 6.45) is 0. The maximum absolute atomic E-state index is 5.85. The van der Waals surface area contributed by atoms with Crippen molar-refractivity contribution in [3.05, 3.63) is 60.2 Å². The zero-order chi connectivity index (χ0) is 11.6. The molecule has 82 valence electrons. The molecule has 0 spiro atoms. The molecule has 16 heavy (non-hydrogen) atoms. The molecule has 0 aromatic heterocycles. The second-order valence-corrected chi connectivity index (χ2v) is 5.73. The summed E-state index contributed by atoms with van der Waals surface area (Å²) in [6.45, 7) is 0. The first-order valence-corrected chi connectivity index (χ1v) is 5.93. The molecule has 0 bridgehead atoms. The minimum atomic E-state index is -1.37. The first kappa shape index (κ1) is 11.8. The lowest BCUT2D eigenvalue weighted by Crippen LogP contribution is -1.99. The van der Waals surface area contributed by atoms with Gasteiger partial charge in [-0.3, -0.25) is 0 Å². The summed E-state index contributed by atoms with van der Waals surface area (Å²) in [4.78, 5) is 0. The average Bonchev–Trinajstić information content (AvgIpc) is 2.29. The highest BCUT2D eigenvalue weighted by Crippen LogP contribution is 2.39. The summed E-state index contributed by atoms with van der Waals surface area (Å²) in [5.74, 6) is 0. The van der Waals surface area contributed by atoms with Gasteiger partial charge in [0.15, 0.2) is 0 Å². The molecule has 0 aliphatic carbocycles. The molecule has 0 aliphatic rings. The van der Waals surface area contributed by atoms with E-state index in [0.717, 1.165) is 11.1 Å². The van der Waals surface area contributed by atoms with E-state index in [2.05, 4.69) is 0 Å². The van der Waals surface area contributed by atoms with Crippen molar-refractivity contribution in [2.45, 2.75) is 3.79 Å². The van der Waals surface area contributed by atoms with Gasteiger partial charge in [0, 0.05) is 5.56 Å². The molecule has 2 aromatic rings. The van der Waals surface area contributed by atoms with Crippen LogP contribution in [0.3, 0.4) is 0 Å². The molecule has 0 fully saturated rings. The first-order valence-electron chi connectivity index (χ1n) is 4.80. The van der Waals surface area contributed by atoms with E-state index in [-0.39, 0.29) is 0 Å². The van der Waals surface area contributed by atoms with Crippen LogP contribution >= 0.6 is 34.8 Å². The number of halogens is 3. The molecule has 2 aromatic carbocycles. The van der Waals surface area contributed by atoms with Crippen LogP contribution in [0, 0.1) is 0 Å². The fourth-order valence-corrected chi connectivity index (χ4v) is 1.86. The Kier molecular flexibility index (Phi) is 3.44. The predicted octanol–water partition coefficient (Wildman–Crippen LogP) is 5.18. The van der Waals surface area contributed by atoms with Gasteiger partial charge in [0.2, 0.25) is 3.79 Å². The Bertz CT molecular complexity index is 472. The molecular weight excluding hydrogens is 263 g/mol. The molecular formula is C13H9Cl3. The Morgan fingerprint density at radius 2 is 1.31 bits per heavy atom. The Balaban J connectivity index is 2.45. The van der Waals surface area contributed by atoms with Crippen LogP contribution in [0.25, 0.3) is 11.1 Å². The van der Waals surface area contributed by atoms with Crippen molar-refractivity contribution in [3.63, 3.8) is 0 Å². The molecule has 3 heteroatoms. The lowest BCUT2D eigenvalue weighted by atomic mass is 10.0. The molecule has 0 atom stereocenters. The highest BCUT2D eigenvalue weighted by atomic mass is 35.6. The molecule has 0 radical (unpaired) electrons. The quantitative estimate of drug-likeness (QED) is 0.627. The summed E-state index contributed by atoms with van der Waals surface area (Å²) < 4.78 is -1.37. The van der Waals surface area contributed by atoms with Gasteiger partial charge in [-0.1, -0.05) is 83.3 Å². The van der Waals surface area contributed by atoms with Gasteiger partial charge >= 0.3 is 0 Å². The summed E-state index contributed by atoms with van der Waals surface area (Å²) in [5, 5.41) is 0. The van der Waals surface area contributed by atoms with Gasteiger partial charge in [-0.05, 0) is 17.2 Å². The number of rotatable bonds is 1. The van der Waals surface area contributed by atoms with E-state index in [4.69, 9.17) is 34.8 Å². The fraction of sp³-hybridized carbons (Fsp3) is 0.0769. The van der Waals surface area contributed by atoms with E-state index in [1.165, 1.54) is 0 Å². The van der Waals surface area contributed by atoms with Gasteiger partial charge < -0.3 is 0 Å². The van der Waals surface area contributed by atoms with Crippen LogP contribution < -0.4 is 0 Å². The largest absolute Gasteiger partial charge is 0.216 e. The highest BCUT2D eigenvalue weighted by molar-refractivity contribution is 6.66. The third kappa shape index (κ3) is 2.70. The molecule has 0 saturated heterocycles. The van der Waals surface area contributed by atoms with Gasteiger partial charge in [0.25, 0.3) is 0 Å². The van der Waals surface area contributed by atoms with Gasteiger partial charge in [-0.15, -0.1) is 0 Å². The van der Waals surface area contributed by atoms with Crippen LogP contribution in [0.1, 0.15) is 5.56 Å². The standard InChI is InChI=1S/C13H9Cl3/c14-13(15,16)12-8-4-7-11(9-12)10-5-2-1-3-6-10/h1-9H. The summed E-state index contributed by atoms with van der Waals surface area (Å²) in [6, 6.07) is 17.6. The van der Waals surface area contributed by atoms with Crippen molar-refractivity contribution in [1.82, 2.24) is 0 Å². The molecule has 2 rings (SSSR count). The molecule has 0 amide bonds. The Hall–Kier alpha value is -0.690. The van der Waals surface area contributed by atoms with Crippen molar-refractivity contribution in [3.8, 4) is 11.1 Å². The lowest BCUT2D eigenvalue weighted by molar-refractivity contribution is 1.24. The molecule has 0 unspecified atom stereocenters. The molecule has 0 nitrogen and oxygen atoms in total. The summed E-state index contributed by atoms with van der Waals surface area (Å²) in [5.41, 5.74) is 2.84. The summed E-state index contributed by atoms with van der Waals surface area (Å²) in [7, 11) is 0. The van der Waals surface area contributed by atoms with Crippen molar-refractivity contribution in [2.75, 3.05) is 0 Å². The molecule has 0 N–H and O–H groups in total. The van der Waals surface area contributed by atoms with E-state index >= 15 is 0 Å². The van der Waals surface area contributed by atoms with Crippen molar-refractivity contribution < 1.29 is 0 Å². The normalized spacial score (nSPS) is 11.4. The Morgan fingerprint density at radius 1 is 0.688 bits per heavy atom. The first-order chi connectivity index (χ1) is 7.57. The van der Waals surface area contributed by atoms with E-state index in [9.17, 15) is 0 Å². The van der Waals surface area contributed by atoms with Crippen LogP contribution in [0.5, 0.6) is 0 Å². The van der Waals surface area contributed by atoms with Crippen LogP contribution in [0.2, 0.25) is 0 Å². The van der Waals surface area contributed by atoms with Crippen LogP contribution in [0.15, 0.2) is 54.6 Å². The van der Waals surface area contributed by atoms with Crippen molar-refractivity contribution >= 4 is 34.8 Å². The Labute approximate surface area is 110 Å². The molecule has 0 saturated carbocycles. The van der Waals surface area contributed by atoms with Crippen molar-refractivity contribution in [2.24, 2.45) is 0 Å². The maximum atomic E-state index is 5.85. The van der Waals surface area contributed by atoms with E-state index < -0.39 is 3.79 Å². The third-order valence-corrected chi connectivity index (χ3v) is 2.95. The molecule has 0 aliphatic heterocycles. The zero-order valence-electron chi connectivity index (χ0n) is 8.33. The Morgan fingerprint density at radius 3 is 1.94 bits per heavy atom. The topological polar surface area (TPSA) is 0 Å². The predicted molar refractivity (Wildman–Crippen MR) is 71.1 cm³/mol. The zero-order valence-corrected chi connectivity index (χ0v) is 10.6. The number of hydrogen-bond acceptors (Lipinski definition) is 0. The van der Waals surface area contributed by atoms with Crippen molar-refractivity contribution in [1.29, 1.82) is 0 Å². The lowest BCUT2D eigenvalue weighted by Gasteiger charge is -2.12. The second-order valence-electron chi connectivity index (χ2n) is 3.44. The van der Waals surface area contributed by atoms with Gasteiger partial charge in [-0.2, -0.15) is 0 Å². The van der Waals surface area contributed by atoms with Gasteiger partial charge in [0.1, 0.15) is 0 Å². The average molecular weight is 272 g/mol. The smallest absolute Gasteiger partial charge is 0.0784 e. The van der Waals surface area contributed by atoms with Gasteiger partial charge in [0.05, 0.1) is 0 Å². The van der Waals surface area contributed by atoms with E-state index in [0.29, 0.717) is 5.56 Å². The number of alkyl halides is 3. The van der Waals surface area contributed by atoms with Crippen LogP contribution in [0.4, 0.5) is 0 Å². The minimum Gasteiger partial charge on any atom is -0.0784 e. The van der Waals surface area contributed by atoms with E-state index in [1.807, 2.05) is 48.5 Å². The van der Waals surface area contributed by atoms with Crippen LogP contribution in [-0.4, -0.2) is 0 Å². The number of benzene rings is 2. The summed E-state index contributed by atoms with van der Waals surface area (Å²) >= 11 is 17.5. The highest BCUT2D eigenvalue weighted by Gasteiger charge is 2.22.